The highest BCUT2D eigenvalue weighted by Crippen LogP contribution is 1.93. The van der Waals surface area contributed by atoms with E-state index in [9.17, 15) is 9.59 Å². The van der Waals surface area contributed by atoms with Gasteiger partial charge < -0.3 is 10.1 Å². The molecule has 1 rings (SSSR count). The third-order valence-electron chi connectivity index (χ3n) is 1.91. The highest BCUT2D eigenvalue weighted by Gasteiger charge is 2.05. The minimum atomic E-state index is -0.460. The average Bonchev–Trinajstić information content (AvgIpc) is 2.70. The summed E-state index contributed by atoms with van der Waals surface area (Å²) in [5.74, 6) is -0.460. The van der Waals surface area contributed by atoms with Crippen LogP contribution in [0.15, 0.2) is 24.7 Å². The summed E-state index contributed by atoms with van der Waals surface area (Å²) in [6.07, 6.45) is 3.03. The zero-order chi connectivity index (χ0) is 12.8. The van der Waals surface area contributed by atoms with Gasteiger partial charge in [0.05, 0.1) is 12.2 Å². The van der Waals surface area contributed by atoms with Gasteiger partial charge in [0, 0.05) is 11.8 Å². The molecule has 0 spiro atoms. The molecule has 0 aliphatic rings. The van der Waals surface area contributed by atoms with Gasteiger partial charge in [-0.2, -0.15) is 0 Å². The smallest absolute Gasteiger partial charge is 0.333 e. The van der Waals surface area contributed by atoms with Crippen molar-refractivity contribution >= 4 is 12.0 Å². The second-order valence-electron chi connectivity index (χ2n) is 3.57. The number of hydrogen-bond acceptors (Lipinski definition) is 4. The summed E-state index contributed by atoms with van der Waals surface area (Å²) in [5.41, 5.74) is 1.09. The number of nitrogens with one attached hydrogen (secondary N) is 1. The molecular formula is C11H15N3O3. The van der Waals surface area contributed by atoms with E-state index in [1.807, 2.05) is 0 Å². The second kappa shape index (κ2) is 5.83. The molecule has 0 aliphatic carbocycles. The third kappa shape index (κ3) is 4.10. The largest absolute Gasteiger partial charge is 0.460 e. The molecule has 0 saturated carbocycles. The van der Waals surface area contributed by atoms with Crippen LogP contribution in [0.25, 0.3) is 0 Å². The molecule has 1 heterocycles. The van der Waals surface area contributed by atoms with Crippen LogP contribution in [0.4, 0.5) is 4.79 Å². The van der Waals surface area contributed by atoms with Crippen LogP contribution in [0.5, 0.6) is 0 Å². The van der Waals surface area contributed by atoms with Crippen LogP contribution in [0, 0.1) is 6.92 Å². The first-order chi connectivity index (χ1) is 8.00. The SMILES string of the molecule is C=C(C)C(=O)OCCNC(=O)n1cnc(C)c1. The number of aromatic nitrogens is 2. The highest BCUT2D eigenvalue weighted by atomic mass is 16.5. The Bertz CT molecular complexity index is 437. The Balaban J connectivity index is 2.26. The van der Waals surface area contributed by atoms with Crippen molar-refractivity contribution in [3.05, 3.63) is 30.4 Å². The Morgan fingerprint density at radius 2 is 2.29 bits per heavy atom. The van der Waals surface area contributed by atoms with Crippen LogP contribution >= 0.6 is 0 Å². The minimum absolute atomic E-state index is 0.116. The van der Waals surface area contributed by atoms with E-state index in [0.717, 1.165) is 5.69 Å². The van der Waals surface area contributed by atoms with Crippen LogP contribution in [0.2, 0.25) is 0 Å². The molecule has 0 bridgehead atoms. The Hall–Kier alpha value is -2.11. The molecule has 0 aliphatic heterocycles. The Morgan fingerprint density at radius 1 is 1.59 bits per heavy atom. The summed E-state index contributed by atoms with van der Waals surface area (Å²) in [4.78, 5) is 26.4. The van der Waals surface area contributed by atoms with Crippen LogP contribution in [-0.2, 0) is 9.53 Å². The van der Waals surface area contributed by atoms with Gasteiger partial charge in [0.15, 0.2) is 0 Å². The van der Waals surface area contributed by atoms with Gasteiger partial charge in [0.1, 0.15) is 12.9 Å². The number of rotatable bonds is 4. The maximum atomic E-state index is 11.5. The van der Waals surface area contributed by atoms with Gasteiger partial charge in [-0.25, -0.2) is 14.6 Å². The molecule has 1 aromatic rings. The fourth-order valence-corrected chi connectivity index (χ4v) is 1.05. The molecule has 1 amide bonds. The Morgan fingerprint density at radius 3 is 2.82 bits per heavy atom. The summed E-state index contributed by atoms with van der Waals surface area (Å²) in [6, 6.07) is -0.308. The zero-order valence-electron chi connectivity index (χ0n) is 9.90. The van der Waals surface area contributed by atoms with Gasteiger partial charge in [0.2, 0.25) is 0 Å². The zero-order valence-corrected chi connectivity index (χ0v) is 9.90. The van der Waals surface area contributed by atoms with E-state index in [-0.39, 0.29) is 19.2 Å². The maximum Gasteiger partial charge on any atom is 0.333 e. The summed E-state index contributed by atoms with van der Waals surface area (Å²) in [7, 11) is 0. The molecule has 0 aromatic carbocycles. The standard InChI is InChI=1S/C11H15N3O3/c1-8(2)10(15)17-5-4-12-11(16)14-6-9(3)13-7-14/h6-7H,1,4-5H2,2-3H3,(H,12,16). The lowest BCUT2D eigenvalue weighted by molar-refractivity contribution is -0.138. The lowest BCUT2D eigenvalue weighted by Gasteiger charge is -2.06. The summed E-state index contributed by atoms with van der Waals surface area (Å²) < 4.78 is 6.15. The van der Waals surface area contributed by atoms with E-state index in [0.29, 0.717) is 5.57 Å². The number of esters is 1. The van der Waals surface area contributed by atoms with Crippen molar-refractivity contribution in [2.45, 2.75) is 13.8 Å². The molecule has 17 heavy (non-hydrogen) atoms. The molecule has 0 unspecified atom stereocenters. The molecule has 0 fully saturated rings. The van der Waals surface area contributed by atoms with E-state index >= 15 is 0 Å². The molecule has 92 valence electrons. The van der Waals surface area contributed by atoms with Crippen LogP contribution in [-0.4, -0.2) is 34.7 Å². The number of hydrogen-bond donors (Lipinski definition) is 1. The van der Waals surface area contributed by atoms with Crippen molar-refractivity contribution in [3.8, 4) is 0 Å². The average molecular weight is 237 g/mol. The first kappa shape index (κ1) is 13.0. The van der Waals surface area contributed by atoms with Gasteiger partial charge in [-0.3, -0.25) is 4.57 Å². The van der Waals surface area contributed by atoms with Crippen molar-refractivity contribution in [1.29, 1.82) is 0 Å². The Kier molecular flexibility index (Phi) is 4.45. The molecule has 0 radical (unpaired) electrons. The number of carbonyl (C=O) groups excluding carboxylic acids is 2. The van der Waals surface area contributed by atoms with E-state index in [1.54, 1.807) is 20.0 Å². The number of carbonyl (C=O) groups is 2. The summed E-state index contributed by atoms with van der Waals surface area (Å²) in [6.45, 7) is 7.16. The fraction of sp³-hybridized carbons (Fsp3) is 0.364. The molecular weight excluding hydrogens is 222 g/mol. The fourth-order valence-electron chi connectivity index (χ4n) is 1.05. The van der Waals surface area contributed by atoms with Crippen LogP contribution in [0.1, 0.15) is 12.6 Å². The number of nitrogens with zero attached hydrogens (tertiary/aromatic N) is 2. The number of aryl methyl sites for hydroxylation is 1. The van der Waals surface area contributed by atoms with Crippen LogP contribution < -0.4 is 5.32 Å². The van der Waals surface area contributed by atoms with Gasteiger partial charge in [0.25, 0.3) is 0 Å². The molecule has 6 heteroatoms. The first-order valence-corrected chi connectivity index (χ1v) is 5.12. The predicted molar refractivity (Wildman–Crippen MR) is 61.5 cm³/mol. The monoisotopic (exact) mass is 237 g/mol. The number of imidazole rings is 1. The topological polar surface area (TPSA) is 73.2 Å². The predicted octanol–water partition coefficient (Wildman–Crippen LogP) is 0.869. The molecule has 1 N–H and O–H groups in total. The lowest BCUT2D eigenvalue weighted by Crippen LogP contribution is -2.31. The molecule has 6 nitrogen and oxygen atoms in total. The van der Waals surface area contributed by atoms with Gasteiger partial charge in [-0.05, 0) is 13.8 Å². The molecule has 0 atom stereocenters. The first-order valence-electron chi connectivity index (χ1n) is 5.12. The lowest BCUT2D eigenvalue weighted by atomic mass is 10.4. The minimum Gasteiger partial charge on any atom is -0.460 e. The number of ether oxygens (including phenoxy) is 1. The van der Waals surface area contributed by atoms with Crippen molar-refractivity contribution in [3.63, 3.8) is 0 Å². The van der Waals surface area contributed by atoms with Crippen molar-refractivity contribution in [2.24, 2.45) is 0 Å². The van der Waals surface area contributed by atoms with Crippen molar-refractivity contribution in [1.82, 2.24) is 14.9 Å². The highest BCUT2D eigenvalue weighted by molar-refractivity contribution is 5.86. The molecule has 0 saturated heterocycles. The number of amides is 1. The second-order valence-corrected chi connectivity index (χ2v) is 3.57. The Labute approximate surface area is 99.3 Å². The maximum absolute atomic E-state index is 11.5. The van der Waals surface area contributed by atoms with E-state index < -0.39 is 5.97 Å². The molecule has 1 aromatic heterocycles. The van der Waals surface area contributed by atoms with Gasteiger partial charge >= 0.3 is 12.0 Å². The van der Waals surface area contributed by atoms with Crippen molar-refractivity contribution in [2.75, 3.05) is 13.2 Å². The van der Waals surface area contributed by atoms with E-state index in [1.165, 1.54) is 10.9 Å². The summed E-state index contributed by atoms with van der Waals surface area (Å²) >= 11 is 0. The quantitative estimate of drug-likeness (QED) is 0.479. The van der Waals surface area contributed by atoms with Crippen LogP contribution in [0.3, 0.4) is 0 Å². The van der Waals surface area contributed by atoms with E-state index in [4.69, 9.17) is 4.74 Å². The van der Waals surface area contributed by atoms with Crippen molar-refractivity contribution < 1.29 is 14.3 Å². The van der Waals surface area contributed by atoms with Gasteiger partial charge in [-0.15, -0.1) is 0 Å². The normalized spacial score (nSPS) is 9.76. The summed E-state index contributed by atoms with van der Waals surface area (Å²) in [5, 5.41) is 2.58. The third-order valence-corrected chi connectivity index (χ3v) is 1.91. The van der Waals surface area contributed by atoms with Gasteiger partial charge in [-0.1, -0.05) is 6.58 Å². The van der Waals surface area contributed by atoms with E-state index in [2.05, 4.69) is 16.9 Å².